The summed E-state index contributed by atoms with van der Waals surface area (Å²) in [5.74, 6) is 6.57. The fraction of sp³-hybridized carbons (Fsp3) is 0.412. The lowest BCUT2D eigenvalue weighted by Gasteiger charge is -2.29. The van der Waals surface area contributed by atoms with E-state index in [2.05, 4.69) is 335 Å². The number of hydrogen-bond acceptors (Lipinski definition) is 11. The second-order valence-electron chi connectivity index (χ2n) is 38.6. The van der Waals surface area contributed by atoms with Crippen molar-refractivity contribution in [3.63, 3.8) is 0 Å². The number of anilines is 1. The summed E-state index contributed by atoms with van der Waals surface area (Å²) in [6, 6.07) is 62.3. The zero-order valence-corrected chi connectivity index (χ0v) is 73.6. The number of rotatable bonds is 0. The van der Waals surface area contributed by atoms with Crippen LogP contribution in [0.15, 0.2) is 225 Å². The van der Waals surface area contributed by atoms with Gasteiger partial charge in [0.15, 0.2) is 34.5 Å². The molecular formula is C102H130FN3O8. The van der Waals surface area contributed by atoms with Crippen LogP contribution in [0.2, 0.25) is 0 Å². The Morgan fingerprint density at radius 3 is 1.39 bits per heavy atom. The van der Waals surface area contributed by atoms with Gasteiger partial charge in [-0.3, -0.25) is 9.97 Å². The van der Waals surface area contributed by atoms with Crippen molar-refractivity contribution in [2.75, 3.05) is 45.3 Å². The molecule has 114 heavy (non-hydrogen) atoms. The van der Waals surface area contributed by atoms with Crippen LogP contribution in [0.1, 0.15) is 225 Å². The van der Waals surface area contributed by atoms with E-state index in [9.17, 15) is 4.39 Å². The molecule has 0 fully saturated rings. The smallest absolute Gasteiger partial charge is 0.404 e. The summed E-state index contributed by atoms with van der Waals surface area (Å²) in [5, 5.41) is 7.69. The Balaban J connectivity index is 0.000000162. The van der Waals surface area contributed by atoms with Crippen LogP contribution in [-0.4, -0.2) is 56.4 Å². The third-order valence-corrected chi connectivity index (χ3v) is 19.2. The van der Waals surface area contributed by atoms with E-state index in [1.54, 1.807) is 6.07 Å². The molecule has 7 heterocycles. The van der Waals surface area contributed by atoms with Crippen LogP contribution in [-0.2, 0) is 44.3 Å². The lowest BCUT2D eigenvalue weighted by molar-refractivity contribution is -0.173. The number of benzene rings is 9. The Labute approximate surface area is 683 Å². The Morgan fingerprint density at radius 2 is 0.807 bits per heavy atom. The molecule has 16 rings (SSSR count). The molecule has 0 radical (unpaired) electrons. The number of fused-ring (bicyclic) bond motifs is 8. The van der Waals surface area contributed by atoms with Crippen LogP contribution < -0.4 is 42.8 Å². The van der Waals surface area contributed by atoms with E-state index in [-0.39, 0.29) is 37.9 Å². The van der Waals surface area contributed by atoms with Gasteiger partial charge < -0.3 is 42.8 Å². The first-order valence-electron chi connectivity index (χ1n) is 40.1. The van der Waals surface area contributed by atoms with Crippen molar-refractivity contribution in [1.82, 2.24) is 9.97 Å². The molecule has 5 aliphatic heterocycles. The number of alkyl halides is 1. The summed E-state index contributed by atoms with van der Waals surface area (Å²) in [6.45, 7) is 63.3. The van der Waals surface area contributed by atoms with Crippen molar-refractivity contribution >= 4 is 38.0 Å². The lowest BCUT2D eigenvalue weighted by atomic mass is 9.81. The predicted octanol–water partition coefficient (Wildman–Crippen LogP) is 27.1. The third-order valence-electron chi connectivity index (χ3n) is 19.2. The van der Waals surface area contributed by atoms with Gasteiger partial charge in [-0.15, -0.1) is 0 Å². The minimum atomic E-state index is -2.04. The van der Waals surface area contributed by atoms with Crippen LogP contribution >= 0.6 is 0 Å². The van der Waals surface area contributed by atoms with Gasteiger partial charge in [0.05, 0.1) is 12.2 Å². The Morgan fingerprint density at radius 1 is 0.368 bits per heavy atom. The SMILES string of the molecule is C=C1COc2cccc(C(C)(C)C)c2C1.CC(C)(C)C.CC(C)(C)c1ccc2c(c1)OCO2.CC(C)(C)c1cccc2c1OCO2.CC(C)(C)c1cccc2ccccc12.CC(C)(C)c1cccc2cnccc12.CC1(F)Oc2cccc(C(C)(C)C)c2O1.CN1CCOc2cc(C(C)(C)C)ccc21.c1ccc2cnccc2c1. The first-order valence-corrected chi connectivity index (χ1v) is 40.1. The van der Waals surface area contributed by atoms with Crippen LogP contribution in [0.4, 0.5) is 10.1 Å². The Kier molecular flexibility index (Phi) is 29.1. The second-order valence-corrected chi connectivity index (χ2v) is 38.6. The largest absolute Gasteiger partial charge is 0.490 e. The van der Waals surface area contributed by atoms with Gasteiger partial charge in [-0.1, -0.05) is 313 Å². The van der Waals surface area contributed by atoms with E-state index in [0.29, 0.717) is 37.1 Å². The Hall–Kier alpha value is -10.1. The van der Waals surface area contributed by atoms with Crippen molar-refractivity contribution < 1.29 is 42.3 Å². The van der Waals surface area contributed by atoms with Crippen LogP contribution in [0.3, 0.4) is 0 Å². The van der Waals surface area contributed by atoms with E-state index < -0.39 is 6.04 Å². The molecule has 2 aromatic heterocycles. The molecular weight excluding hydrogens is 1410 g/mol. The molecule has 12 heteroatoms. The number of aromatic nitrogens is 2. The lowest BCUT2D eigenvalue weighted by Crippen LogP contribution is -2.29. The fourth-order valence-electron chi connectivity index (χ4n) is 13.1. The van der Waals surface area contributed by atoms with Gasteiger partial charge >= 0.3 is 6.04 Å². The highest BCUT2D eigenvalue weighted by Crippen LogP contribution is 2.47. The highest BCUT2D eigenvalue weighted by molar-refractivity contribution is 5.87. The maximum atomic E-state index is 13.5. The summed E-state index contributed by atoms with van der Waals surface area (Å²) < 4.78 is 56.4. The average molecular weight is 1550 g/mol. The number of nitrogens with zero attached hydrogens (tertiary/aromatic N) is 3. The summed E-state index contributed by atoms with van der Waals surface area (Å²) >= 11 is 0. The maximum absolute atomic E-state index is 13.5. The molecule has 0 saturated heterocycles. The molecule has 0 aliphatic carbocycles. The zero-order chi connectivity index (χ0) is 84.0. The predicted molar refractivity (Wildman–Crippen MR) is 476 cm³/mol. The fourth-order valence-corrected chi connectivity index (χ4v) is 13.1. The van der Waals surface area contributed by atoms with Crippen LogP contribution in [0.25, 0.3) is 32.3 Å². The van der Waals surface area contributed by atoms with Crippen LogP contribution in [0, 0.1) is 5.41 Å². The summed E-state index contributed by atoms with van der Waals surface area (Å²) in [5.41, 5.74) is 14.1. The molecule has 1 atom stereocenters. The van der Waals surface area contributed by atoms with Crippen molar-refractivity contribution in [2.45, 2.75) is 230 Å². The summed E-state index contributed by atoms with van der Waals surface area (Å²) in [6.07, 6.45) is 8.42. The number of pyridine rings is 2. The van der Waals surface area contributed by atoms with Crippen molar-refractivity contribution in [1.29, 1.82) is 0 Å². The molecule has 5 aliphatic rings. The molecule has 0 saturated carbocycles. The summed E-state index contributed by atoms with van der Waals surface area (Å²) in [4.78, 5) is 10.4. The van der Waals surface area contributed by atoms with E-state index in [4.69, 9.17) is 37.9 Å². The number of para-hydroxylation sites is 2. The molecule has 11 nitrogen and oxygen atoms in total. The molecule has 11 aromatic rings. The normalized spacial score (nSPS) is 15.1. The van der Waals surface area contributed by atoms with Gasteiger partial charge in [-0.25, -0.2) is 0 Å². The van der Waals surface area contributed by atoms with E-state index in [0.717, 1.165) is 59.6 Å². The minimum Gasteiger partial charge on any atom is -0.490 e. The van der Waals surface area contributed by atoms with Crippen LogP contribution in [0.5, 0.6) is 46.0 Å². The molecule has 1 unspecified atom stereocenters. The Bertz CT molecular complexity index is 4830. The summed E-state index contributed by atoms with van der Waals surface area (Å²) in [7, 11) is 2.11. The zero-order valence-electron chi connectivity index (χ0n) is 73.6. The quantitative estimate of drug-likeness (QED) is 0.136. The van der Waals surface area contributed by atoms with Gasteiger partial charge in [-0.05, 0) is 158 Å². The van der Waals surface area contributed by atoms with E-state index >= 15 is 0 Å². The average Bonchev–Trinajstić information content (AvgIpc) is 1.06. The maximum Gasteiger partial charge on any atom is 0.404 e. The first-order chi connectivity index (χ1) is 53.1. The molecule has 0 amide bonds. The van der Waals surface area contributed by atoms with E-state index in [1.165, 1.54) is 89.4 Å². The second kappa shape index (κ2) is 37.0. The number of ether oxygens (including phenoxy) is 8. The number of likely N-dealkylation sites (N-methyl/N-ethyl adjacent to an activating group) is 1. The highest BCUT2D eigenvalue weighted by atomic mass is 19.2. The molecule has 0 spiro atoms. The van der Waals surface area contributed by atoms with Gasteiger partial charge in [-0.2, -0.15) is 4.39 Å². The number of halogens is 1. The van der Waals surface area contributed by atoms with E-state index in [1.807, 2.05) is 73.3 Å². The third kappa shape index (κ3) is 25.7. The first kappa shape index (κ1) is 89.5. The minimum absolute atomic E-state index is 0.0882. The topological polar surface area (TPSA) is 103 Å². The van der Waals surface area contributed by atoms with Crippen molar-refractivity contribution in [3.05, 3.63) is 270 Å². The van der Waals surface area contributed by atoms with Crippen molar-refractivity contribution in [3.8, 4) is 46.0 Å². The standard InChI is InChI=1S/C14H18O.C14H16.C13H19NO.C13H15N.C12H15FO2.2C11H14O2.C9H7N.C5H12/c1-10-8-11-12(14(2,3)4)6-5-7-13(11)15-9-10;1-14(2,3)13-10-6-8-11-7-4-5-9-12(11)13;1-13(2,3)10-5-6-11-12(9-10)15-8-7-14(11)4;1-13(2,3)12-6-4-5-10-9-14-8-7-11(10)12;1-11(2,3)8-6-5-7-9-10(8)15-12(4,13)14-9;1-11(2,3)8-4-5-9-10(6-8)13-7-12-9;1-11(2,3)8-5-4-6-9-10(8)13-7-12-9;1-2-4-9-7-10-6-5-8(9)3-1;1-5(2,3)4/h5-7H,1,8-9H2,2-4H3;4-10H,1-3H3;5-6,9H,7-8H2,1-4H3;4-9H,1-3H3;5-7H,1-4H3;2*4-6H,7H2,1-3H3;1-7H;1-4H3. The molecule has 608 valence electrons. The molecule has 9 aromatic carbocycles. The van der Waals surface area contributed by atoms with Gasteiger partial charge in [0.25, 0.3) is 0 Å². The highest BCUT2D eigenvalue weighted by Gasteiger charge is 2.40. The van der Waals surface area contributed by atoms with Gasteiger partial charge in [0.2, 0.25) is 13.6 Å². The molecule has 0 bridgehead atoms. The van der Waals surface area contributed by atoms with Gasteiger partial charge in [0.1, 0.15) is 24.7 Å². The van der Waals surface area contributed by atoms with Gasteiger partial charge in [0, 0.05) is 67.3 Å². The van der Waals surface area contributed by atoms with Crippen molar-refractivity contribution in [2.24, 2.45) is 5.41 Å². The molecule has 0 N–H and O–H groups in total. The number of hydrogen-bond donors (Lipinski definition) is 0. The monoisotopic (exact) mass is 1540 g/mol.